The monoisotopic (exact) mass is 296 g/mol. The Kier molecular flexibility index (Phi) is 4.61. The number of hydrogen-bond donors (Lipinski definition) is 1. The Bertz CT molecular complexity index is 412. The van der Waals surface area contributed by atoms with Crippen LogP contribution in [0.25, 0.3) is 0 Å². The second kappa shape index (κ2) is 5.95. The van der Waals surface area contributed by atoms with Gasteiger partial charge in [-0.1, -0.05) is 20.8 Å². The number of ether oxygens (including phenoxy) is 1. The van der Waals surface area contributed by atoms with Crippen LogP contribution in [0, 0.1) is 11.3 Å². The summed E-state index contributed by atoms with van der Waals surface area (Å²) in [6, 6.07) is -0.720. The van der Waals surface area contributed by atoms with Gasteiger partial charge < -0.3 is 15.0 Å². The molecule has 2 aliphatic rings. The molecule has 2 amide bonds. The normalized spacial score (nSPS) is 28.5. The summed E-state index contributed by atoms with van der Waals surface area (Å²) in [6.07, 6.45) is 2.83. The maximum Gasteiger partial charge on any atom is 0.246 e. The van der Waals surface area contributed by atoms with Gasteiger partial charge >= 0.3 is 0 Å². The van der Waals surface area contributed by atoms with E-state index in [1.165, 1.54) is 0 Å². The number of carbonyl (C=O) groups is 2. The van der Waals surface area contributed by atoms with Gasteiger partial charge in [0.05, 0.1) is 0 Å². The van der Waals surface area contributed by atoms with Gasteiger partial charge in [0.25, 0.3) is 0 Å². The van der Waals surface area contributed by atoms with E-state index in [0.717, 1.165) is 19.3 Å². The minimum atomic E-state index is -0.410. The minimum Gasteiger partial charge on any atom is -0.385 e. The van der Waals surface area contributed by atoms with Gasteiger partial charge in [-0.3, -0.25) is 9.59 Å². The van der Waals surface area contributed by atoms with Crippen LogP contribution in [-0.2, 0) is 14.3 Å². The maximum atomic E-state index is 12.9. The van der Waals surface area contributed by atoms with Crippen molar-refractivity contribution in [3.63, 3.8) is 0 Å². The van der Waals surface area contributed by atoms with Gasteiger partial charge in [-0.15, -0.1) is 0 Å². The molecule has 21 heavy (non-hydrogen) atoms. The summed E-state index contributed by atoms with van der Waals surface area (Å²) in [5.41, 5.74) is -0.282. The van der Waals surface area contributed by atoms with E-state index in [1.807, 2.05) is 32.6 Å². The van der Waals surface area contributed by atoms with Gasteiger partial charge in [0, 0.05) is 19.8 Å². The SMILES string of the molecule is COCCC(C)N1C(=O)C(C2CC2)NC(=O)C1C(C)(C)C. The van der Waals surface area contributed by atoms with Crippen molar-refractivity contribution in [1.29, 1.82) is 0 Å². The minimum absolute atomic E-state index is 0.00831. The third-order valence-electron chi connectivity index (χ3n) is 4.47. The smallest absolute Gasteiger partial charge is 0.246 e. The van der Waals surface area contributed by atoms with Gasteiger partial charge in [0.1, 0.15) is 12.1 Å². The number of rotatable bonds is 5. The number of hydrogen-bond acceptors (Lipinski definition) is 3. The molecule has 0 aromatic heterocycles. The molecule has 3 unspecified atom stereocenters. The molecule has 0 aromatic rings. The van der Waals surface area contributed by atoms with Crippen molar-refractivity contribution in [2.75, 3.05) is 13.7 Å². The van der Waals surface area contributed by atoms with Crippen molar-refractivity contribution in [2.24, 2.45) is 11.3 Å². The molecule has 0 spiro atoms. The molecule has 2 fully saturated rings. The number of piperazine rings is 1. The van der Waals surface area contributed by atoms with E-state index in [0.29, 0.717) is 12.5 Å². The molecule has 120 valence electrons. The van der Waals surface area contributed by atoms with Crippen LogP contribution >= 0.6 is 0 Å². The third kappa shape index (κ3) is 3.39. The highest BCUT2D eigenvalue weighted by Crippen LogP contribution is 2.38. The largest absolute Gasteiger partial charge is 0.385 e. The fourth-order valence-corrected chi connectivity index (χ4v) is 3.17. The number of carbonyl (C=O) groups excluding carboxylic acids is 2. The predicted molar refractivity (Wildman–Crippen MR) is 80.7 cm³/mol. The quantitative estimate of drug-likeness (QED) is 0.837. The number of methoxy groups -OCH3 is 1. The number of nitrogens with one attached hydrogen (secondary N) is 1. The molecular weight excluding hydrogens is 268 g/mol. The zero-order valence-electron chi connectivity index (χ0n) is 13.8. The summed E-state index contributed by atoms with van der Waals surface area (Å²) in [7, 11) is 1.66. The Morgan fingerprint density at radius 1 is 1.33 bits per heavy atom. The lowest BCUT2D eigenvalue weighted by atomic mass is 9.81. The molecule has 0 aromatic carbocycles. The molecule has 0 radical (unpaired) electrons. The molecule has 5 heteroatoms. The van der Waals surface area contributed by atoms with Gasteiger partial charge in [-0.05, 0) is 37.5 Å². The number of nitrogens with zero attached hydrogens (tertiary/aromatic N) is 1. The van der Waals surface area contributed by atoms with Crippen LogP contribution < -0.4 is 5.32 Å². The molecule has 1 N–H and O–H groups in total. The molecule has 1 saturated carbocycles. The van der Waals surface area contributed by atoms with Crippen LogP contribution in [-0.4, -0.2) is 48.6 Å². The average molecular weight is 296 g/mol. The van der Waals surface area contributed by atoms with Crippen LogP contribution in [0.1, 0.15) is 47.0 Å². The van der Waals surface area contributed by atoms with E-state index in [-0.39, 0.29) is 29.3 Å². The Morgan fingerprint density at radius 3 is 2.43 bits per heavy atom. The van der Waals surface area contributed by atoms with Gasteiger partial charge in [-0.25, -0.2) is 0 Å². The van der Waals surface area contributed by atoms with Gasteiger partial charge in [-0.2, -0.15) is 0 Å². The van der Waals surface area contributed by atoms with E-state index >= 15 is 0 Å². The van der Waals surface area contributed by atoms with Crippen LogP contribution in [0.2, 0.25) is 0 Å². The highest BCUT2D eigenvalue weighted by Gasteiger charge is 2.51. The fraction of sp³-hybridized carbons (Fsp3) is 0.875. The van der Waals surface area contributed by atoms with Crippen molar-refractivity contribution >= 4 is 11.8 Å². The average Bonchev–Trinajstić information content (AvgIpc) is 3.20. The molecule has 3 atom stereocenters. The molecule has 5 nitrogen and oxygen atoms in total. The fourth-order valence-electron chi connectivity index (χ4n) is 3.17. The second-order valence-corrected chi connectivity index (χ2v) is 7.47. The van der Waals surface area contributed by atoms with Gasteiger partial charge in [0.2, 0.25) is 11.8 Å². The Labute approximate surface area is 127 Å². The highest BCUT2D eigenvalue weighted by atomic mass is 16.5. The van der Waals surface area contributed by atoms with E-state index < -0.39 is 6.04 Å². The maximum absolute atomic E-state index is 12.9. The van der Waals surface area contributed by atoms with Crippen molar-refractivity contribution in [2.45, 2.75) is 65.1 Å². The zero-order chi connectivity index (χ0) is 15.8. The lowest BCUT2D eigenvalue weighted by Gasteiger charge is -2.47. The first-order valence-corrected chi connectivity index (χ1v) is 7.89. The molecule has 0 bridgehead atoms. The van der Waals surface area contributed by atoms with Crippen molar-refractivity contribution < 1.29 is 14.3 Å². The molecule has 1 aliphatic heterocycles. The topological polar surface area (TPSA) is 58.6 Å². The molecule has 1 heterocycles. The van der Waals surface area contributed by atoms with Crippen molar-refractivity contribution in [3.05, 3.63) is 0 Å². The first-order valence-electron chi connectivity index (χ1n) is 7.89. The van der Waals surface area contributed by atoms with E-state index in [2.05, 4.69) is 5.32 Å². The molecule has 1 aliphatic carbocycles. The summed E-state index contributed by atoms with van der Waals surface area (Å²) < 4.78 is 5.13. The van der Waals surface area contributed by atoms with Crippen LogP contribution in [0.15, 0.2) is 0 Å². The molecule has 1 saturated heterocycles. The predicted octanol–water partition coefficient (Wildman–Crippen LogP) is 1.56. The lowest BCUT2D eigenvalue weighted by molar-refractivity contribution is -0.157. The summed E-state index contributed by atoms with van der Waals surface area (Å²) in [5, 5.41) is 2.96. The Hall–Kier alpha value is -1.10. The van der Waals surface area contributed by atoms with E-state index in [9.17, 15) is 9.59 Å². The summed E-state index contributed by atoms with van der Waals surface area (Å²) in [5.74, 6) is 0.406. The van der Waals surface area contributed by atoms with Crippen molar-refractivity contribution in [1.82, 2.24) is 10.2 Å². The van der Waals surface area contributed by atoms with Crippen molar-refractivity contribution in [3.8, 4) is 0 Å². The molecule has 2 rings (SSSR count). The van der Waals surface area contributed by atoms with E-state index in [4.69, 9.17) is 4.74 Å². The van der Waals surface area contributed by atoms with Gasteiger partial charge in [0.15, 0.2) is 0 Å². The Morgan fingerprint density at radius 2 is 1.95 bits per heavy atom. The van der Waals surface area contributed by atoms with Crippen LogP contribution in [0.4, 0.5) is 0 Å². The standard InChI is InChI=1S/C16H28N2O3/c1-10(8-9-21-5)18-13(16(2,3)4)14(19)17-12(15(18)20)11-6-7-11/h10-13H,6-9H2,1-5H3,(H,17,19). The van der Waals surface area contributed by atoms with Crippen LogP contribution in [0.3, 0.4) is 0 Å². The zero-order valence-corrected chi connectivity index (χ0v) is 13.8. The summed E-state index contributed by atoms with van der Waals surface area (Å²) in [4.78, 5) is 27.3. The Balaban J connectivity index is 2.25. The first-order chi connectivity index (χ1) is 9.77. The number of amides is 2. The molecular formula is C16H28N2O3. The summed E-state index contributed by atoms with van der Waals surface area (Å²) >= 11 is 0. The van der Waals surface area contributed by atoms with Crippen LogP contribution in [0.5, 0.6) is 0 Å². The first kappa shape index (κ1) is 16.3. The lowest BCUT2D eigenvalue weighted by Crippen LogP contribution is -2.69. The highest BCUT2D eigenvalue weighted by molar-refractivity contribution is 5.98. The second-order valence-electron chi connectivity index (χ2n) is 7.47. The summed E-state index contributed by atoms with van der Waals surface area (Å²) in [6.45, 7) is 8.64. The van der Waals surface area contributed by atoms with E-state index in [1.54, 1.807) is 7.11 Å². The third-order valence-corrected chi connectivity index (χ3v) is 4.47.